The second-order valence-electron chi connectivity index (χ2n) is 7.01. The molecule has 1 aliphatic carbocycles. The average Bonchev–Trinajstić information content (AvgIpc) is 2.92. The van der Waals surface area contributed by atoms with E-state index >= 15 is 0 Å². The molecule has 108 valence electrons. The van der Waals surface area contributed by atoms with Gasteiger partial charge in [0, 0.05) is 30.9 Å². The second kappa shape index (κ2) is 4.80. The van der Waals surface area contributed by atoms with Gasteiger partial charge in [0.15, 0.2) is 0 Å². The Balaban J connectivity index is 1.73. The van der Waals surface area contributed by atoms with Gasteiger partial charge in [0.25, 0.3) is 0 Å². The van der Waals surface area contributed by atoms with Crippen LogP contribution in [-0.4, -0.2) is 18.5 Å². The average molecular weight is 272 g/mol. The lowest BCUT2D eigenvalue weighted by Crippen LogP contribution is -2.25. The summed E-state index contributed by atoms with van der Waals surface area (Å²) in [6, 6.07) is 7.02. The number of carbonyl (C=O) groups excluding carboxylic acids is 1. The molecule has 1 heterocycles. The van der Waals surface area contributed by atoms with Crippen LogP contribution in [0.15, 0.2) is 18.2 Å². The highest BCUT2D eigenvalue weighted by Crippen LogP contribution is 2.39. The summed E-state index contributed by atoms with van der Waals surface area (Å²) in [5.41, 5.74) is 4.06. The summed E-state index contributed by atoms with van der Waals surface area (Å²) in [5.74, 6) is 0.141. The molecule has 0 spiro atoms. The highest BCUT2D eigenvalue weighted by Gasteiger charge is 2.31. The number of hydrogen-bond acceptors (Lipinski definition) is 2. The van der Waals surface area contributed by atoms with Crippen LogP contribution in [0.25, 0.3) is 0 Å². The Labute approximate surface area is 121 Å². The molecule has 3 rings (SSSR count). The molecule has 1 atom stereocenters. The van der Waals surface area contributed by atoms with Crippen LogP contribution in [-0.2, 0) is 11.2 Å². The van der Waals surface area contributed by atoms with Crippen molar-refractivity contribution in [1.82, 2.24) is 0 Å². The van der Waals surface area contributed by atoms with Crippen LogP contribution in [0.1, 0.15) is 45.6 Å². The maximum absolute atomic E-state index is 11.6. The van der Waals surface area contributed by atoms with Crippen LogP contribution in [0, 0.1) is 5.41 Å². The number of fused-ring (bicyclic) bond motifs is 1. The molecule has 0 bridgehead atoms. The van der Waals surface area contributed by atoms with Crippen molar-refractivity contribution in [2.75, 3.05) is 16.8 Å². The minimum Gasteiger partial charge on any atom is -0.382 e. The molecule has 1 saturated carbocycles. The first-order valence-electron chi connectivity index (χ1n) is 7.62. The van der Waals surface area contributed by atoms with Gasteiger partial charge in [-0.05, 0) is 54.9 Å². The van der Waals surface area contributed by atoms with E-state index in [0.29, 0.717) is 11.5 Å². The van der Waals surface area contributed by atoms with E-state index in [9.17, 15) is 4.79 Å². The van der Waals surface area contributed by atoms with Crippen molar-refractivity contribution in [3.8, 4) is 0 Å². The van der Waals surface area contributed by atoms with Crippen molar-refractivity contribution in [3.05, 3.63) is 23.8 Å². The van der Waals surface area contributed by atoms with Crippen LogP contribution in [0.4, 0.5) is 11.4 Å². The first kappa shape index (κ1) is 13.5. The third-order valence-electron chi connectivity index (χ3n) is 4.69. The predicted octanol–water partition coefficient (Wildman–Crippen LogP) is 3.59. The number of amides is 1. The van der Waals surface area contributed by atoms with Crippen molar-refractivity contribution in [2.45, 2.75) is 52.5 Å². The zero-order chi connectivity index (χ0) is 14.3. The summed E-state index contributed by atoms with van der Waals surface area (Å²) < 4.78 is 0. The van der Waals surface area contributed by atoms with Gasteiger partial charge in [-0.15, -0.1) is 0 Å². The van der Waals surface area contributed by atoms with Gasteiger partial charge < -0.3 is 10.2 Å². The van der Waals surface area contributed by atoms with Crippen LogP contribution >= 0.6 is 0 Å². The molecule has 1 unspecified atom stereocenters. The monoisotopic (exact) mass is 272 g/mol. The first-order chi connectivity index (χ1) is 9.44. The molecular weight excluding hydrogens is 248 g/mol. The summed E-state index contributed by atoms with van der Waals surface area (Å²) in [6.07, 6.45) is 4.77. The third-order valence-corrected chi connectivity index (χ3v) is 4.69. The van der Waals surface area contributed by atoms with E-state index in [4.69, 9.17) is 0 Å². The molecule has 1 amide bonds. The summed E-state index contributed by atoms with van der Waals surface area (Å²) in [6.45, 7) is 7.16. The number of anilines is 2. The zero-order valence-electron chi connectivity index (χ0n) is 12.7. The van der Waals surface area contributed by atoms with Crippen LogP contribution in [0.5, 0.6) is 0 Å². The van der Waals surface area contributed by atoms with E-state index in [1.165, 1.54) is 30.5 Å². The highest BCUT2D eigenvalue weighted by atomic mass is 16.2. The number of nitrogens with one attached hydrogen (secondary N) is 1. The van der Waals surface area contributed by atoms with Gasteiger partial charge in [-0.2, -0.15) is 0 Å². The van der Waals surface area contributed by atoms with E-state index in [1.54, 1.807) is 6.92 Å². The Bertz CT molecular complexity index is 536. The van der Waals surface area contributed by atoms with Crippen molar-refractivity contribution in [3.63, 3.8) is 0 Å². The fourth-order valence-corrected chi connectivity index (χ4v) is 3.61. The van der Waals surface area contributed by atoms with Crippen molar-refractivity contribution in [1.29, 1.82) is 0 Å². The van der Waals surface area contributed by atoms with E-state index in [1.807, 2.05) is 4.90 Å². The number of benzene rings is 1. The van der Waals surface area contributed by atoms with Gasteiger partial charge in [-0.1, -0.05) is 13.8 Å². The first-order valence-corrected chi connectivity index (χ1v) is 7.62. The SMILES string of the molecule is CC(=O)N1CCc2cc(NC3CCC(C)(C)C3)ccc21. The normalized spacial score (nSPS) is 23.8. The Morgan fingerprint density at radius 3 is 2.85 bits per heavy atom. The molecule has 1 aromatic carbocycles. The maximum atomic E-state index is 11.6. The molecule has 2 aliphatic rings. The Morgan fingerprint density at radius 2 is 2.20 bits per heavy atom. The maximum Gasteiger partial charge on any atom is 0.223 e. The van der Waals surface area contributed by atoms with Crippen molar-refractivity contribution in [2.24, 2.45) is 5.41 Å². The molecule has 1 N–H and O–H groups in total. The fraction of sp³-hybridized carbons (Fsp3) is 0.588. The summed E-state index contributed by atoms with van der Waals surface area (Å²) in [5, 5.41) is 3.67. The van der Waals surface area contributed by atoms with Gasteiger partial charge in [0.1, 0.15) is 0 Å². The van der Waals surface area contributed by atoms with Crippen molar-refractivity contribution >= 4 is 17.3 Å². The second-order valence-corrected chi connectivity index (χ2v) is 7.01. The summed E-state index contributed by atoms with van der Waals surface area (Å²) in [7, 11) is 0. The third kappa shape index (κ3) is 2.54. The molecule has 0 saturated heterocycles. The lowest BCUT2D eigenvalue weighted by molar-refractivity contribution is -0.116. The van der Waals surface area contributed by atoms with Crippen LogP contribution in [0.3, 0.4) is 0 Å². The van der Waals surface area contributed by atoms with Gasteiger partial charge in [0.2, 0.25) is 5.91 Å². The van der Waals surface area contributed by atoms with Gasteiger partial charge >= 0.3 is 0 Å². The Kier molecular flexibility index (Phi) is 3.23. The molecule has 3 nitrogen and oxygen atoms in total. The topological polar surface area (TPSA) is 32.3 Å². The predicted molar refractivity (Wildman–Crippen MR) is 83.2 cm³/mol. The molecule has 20 heavy (non-hydrogen) atoms. The smallest absolute Gasteiger partial charge is 0.223 e. The lowest BCUT2D eigenvalue weighted by Gasteiger charge is -2.19. The number of hydrogen-bond donors (Lipinski definition) is 1. The lowest BCUT2D eigenvalue weighted by atomic mass is 9.92. The minimum atomic E-state index is 0.141. The minimum absolute atomic E-state index is 0.141. The van der Waals surface area contributed by atoms with E-state index < -0.39 is 0 Å². The Morgan fingerprint density at radius 1 is 1.40 bits per heavy atom. The highest BCUT2D eigenvalue weighted by molar-refractivity contribution is 5.94. The van der Waals surface area contributed by atoms with E-state index in [2.05, 4.69) is 37.4 Å². The molecule has 1 aliphatic heterocycles. The van der Waals surface area contributed by atoms with Gasteiger partial charge in [-0.25, -0.2) is 0 Å². The molecule has 1 fully saturated rings. The molecule has 0 aromatic heterocycles. The van der Waals surface area contributed by atoms with Gasteiger partial charge in [0.05, 0.1) is 0 Å². The molecule has 0 radical (unpaired) electrons. The molecular formula is C17H24N2O. The number of rotatable bonds is 2. The van der Waals surface area contributed by atoms with Crippen LogP contribution in [0.2, 0.25) is 0 Å². The number of nitrogens with zero attached hydrogens (tertiary/aromatic N) is 1. The standard InChI is InChI=1S/C17H24N2O/c1-12(20)19-9-7-13-10-14(4-5-16(13)19)18-15-6-8-17(2,3)11-15/h4-5,10,15,18H,6-9,11H2,1-3H3. The number of carbonyl (C=O) groups is 1. The zero-order valence-corrected chi connectivity index (χ0v) is 12.7. The molecule has 1 aromatic rings. The van der Waals surface area contributed by atoms with E-state index in [-0.39, 0.29) is 5.91 Å². The quantitative estimate of drug-likeness (QED) is 0.892. The Hall–Kier alpha value is -1.51. The molecule has 3 heteroatoms. The summed E-state index contributed by atoms with van der Waals surface area (Å²) >= 11 is 0. The summed E-state index contributed by atoms with van der Waals surface area (Å²) in [4.78, 5) is 13.4. The van der Waals surface area contributed by atoms with E-state index in [0.717, 1.165) is 18.7 Å². The fourth-order valence-electron chi connectivity index (χ4n) is 3.61. The largest absolute Gasteiger partial charge is 0.382 e. The van der Waals surface area contributed by atoms with Crippen LogP contribution < -0.4 is 10.2 Å². The van der Waals surface area contributed by atoms with Gasteiger partial charge in [-0.3, -0.25) is 4.79 Å². The van der Waals surface area contributed by atoms with Crippen molar-refractivity contribution < 1.29 is 4.79 Å².